The molecule has 2 amide bonds. The Bertz CT molecular complexity index is 459. The minimum atomic E-state index is -0.367. The lowest BCUT2D eigenvalue weighted by Gasteiger charge is -2.26. The molecule has 0 bridgehead atoms. The zero-order valence-corrected chi connectivity index (χ0v) is 12.5. The second-order valence-corrected chi connectivity index (χ2v) is 5.56. The van der Waals surface area contributed by atoms with Gasteiger partial charge < -0.3 is 20.5 Å². The Labute approximate surface area is 125 Å². The maximum atomic E-state index is 11.8. The first kappa shape index (κ1) is 15.8. The van der Waals surface area contributed by atoms with Crippen LogP contribution in [0.4, 0.5) is 10.5 Å². The van der Waals surface area contributed by atoms with Crippen LogP contribution in [0, 0.1) is 12.8 Å². The van der Waals surface area contributed by atoms with Crippen molar-refractivity contribution in [1.29, 1.82) is 0 Å². The molecule has 0 saturated carbocycles. The van der Waals surface area contributed by atoms with Gasteiger partial charge in [-0.1, -0.05) is 12.1 Å². The van der Waals surface area contributed by atoms with E-state index < -0.39 is 0 Å². The van der Waals surface area contributed by atoms with Gasteiger partial charge in [-0.15, -0.1) is 0 Å². The fourth-order valence-electron chi connectivity index (χ4n) is 2.57. The number of anilines is 1. The summed E-state index contributed by atoms with van der Waals surface area (Å²) in [6, 6.07) is 7.41. The Hall–Kier alpha value is -1.59. The van der Waals surface area contributed by atoms with Crippen LogP contribution in [-0.2, 0) is 4.74 Å². The quantitative estimate of drug-likeness (QED) is 0.780. The standard InChI is InChI=1S/C16H24N2O3/c1-12-3-2-4-14(11-12)18-16(20)17-8-5-15(19)13-6-9-21-10-7-13/h2-4,11,13,15,19H,5-10H2,1H3,(H2,17,18,20)/t15-/m0/s1. The van der Waals surface area contributed by atoms with Gasteiger partial charge >= 0.3 is 6.03 Å². The SMILES string of the molecule is Cc1cccc(NC(=O)NCC[C@H](O)C2CCOCC2)c1. The van der Waals surface area contributed by atoms with Crippen molar-refractivity contribution < 1.29 is 14.6 Å². The Kier molecular flexibility index (Phi) is 6.02. The number of amides is 2. The fourth-order valence-corrected chi connectivity index (χ4v) is 2.57. The summed E-state index contributed by atoms with van der Waals surface area (Å²) in [4.78, 5) is 11.8. The van der Waals surface area contributed by atoms with Crippen LogP contribution in [0.3, 0.4) is 0 Å². The van der Waals surface area contributed by atoms with Crippen molar-refractivity contribution in [3.8, 4) is 0 Å². The predicted molar refractivity (Wildman–Crippen MR) is 82.4 cm³/mol. The van der Waals surface area contributed by atoms with Crippen molar-refractivity contribution in [3.05, 3.63) is 29.8 Å². The summed E-state index contributed by atoms with van der Waals surface area (Å²) in [7, 11) is 0. The van der Waals surface area contributed by atoms with E-state index in [0.29, 0.717) is 18.9 Å². The van der Waals surface area contributed by atoms with Gasteiger partial charge in [-0.3, -0.25) is 0 Å². The maximum absolute atomic E-state index is 11.8. The minimum Gasteiger partial charge on any atom is -0.393 e. The monoisotopic (exact) mass is 292 g/mol. The van der Waals surface area contributed by atoms with Crippen molar-refractivity contribution >= 4 is 11.7 Å². The molecule has 1 aromatic carbocycles. The van der Waals surface area contributed by atoms with Crippen molar-refractivity contribution in [2.24, 2.45) is 5.92 Å². The number of carbonyl (C=O) groups is 1. The zero-order chi connectivity index (χ0) is 15.1. The summed E-state index contributed by atoms with van der Waals surface area (Å²) < 4.78 is 5.28. The van der Waals surface area contributed by atoms with Crippen LogP contribution in [0.5, 0.6) is 0 Å². The van der Waals surface area contributed by atoms with E-state index in [4.69, 9.17) is 4.74 Å². The molecule has 1 saturated heterocycles. The second-order valence-electron chi connectivity index (χ2n) is 5.56. The van der Waals surface area contributed by atoms with Crippen molar-refractivity contribution in [2.45, 2.75) is 32.3 Å². The molecule has 1 aromatic rings. The molecule has 1 atom stereocenters. The summed E-state index contributed by atoms with van der Waals surface area (Å²) in [5.41, 5.74) is 1.88. The summed E-state index contributed by atoms with van der Waals surface area (Å²) in [5, 5.41) is 15.6. The molecule has 3 N–H and O–H groups in total. The van der Waals surface area contributed by atoms with Gasteiger partial charge in [0.2, 0.25) is 0 Å². The lowest BCUT2D eigenvalue weighted by Crippen LogP contribution is -2.34. The third-order valence-corrected chi connectivity index (χ3v) is 3.81. The molecule has 0 unspecified atom stereocenters. The molecule has 1 heterocycles. The van der Waals surface area contributed by atoms with E-state index in [1.54, 1.807) is 0 Å². The molecule has 5 heteroatoms. The van der Waals surface area contributed by atoms with E-state index in [0.717, 1.165) is 37.3 Å². The highest BCUT2D eigenvalue weighted by Crippen LogP contribution is 2.20. The molecule has 0 aliphatic carbocycles. The number of aliphatic hydroxyl groups is 1. The smallest absolute Gasteiger partial charge is 0.319 e. The van der Waals surface area contributed by atoms with E-state index in [1.165, 1.54) is 0 Å². The highest BCUT2D eigenvalue weighted by Gasteiger charge is 2.21. The molecule has 1 fully saturated rings. The number of hydrogen-bond donors (Lipinski definition) is 3. The number of aryl methyl sites for hydroxylation is 1. The van der Waals surface area contributed by atoms with Crippen LogP contribution in [-0.4, -0.2) is 37.0 Å². The summed E-state index contributed by atoms with van der Waals surface area (Å²) >= 11 is 0. The topological polar surface area (TPSA) is 70.6 Å². The van der Waals surface area contributed by atoms with E-state index >= 15 is 0 Å². The van der Waals surface area contributed by atoms with Crippen LogP contribution < -0.4 is 10.6 Å². The van der Waals surface area contributed by atoms with Crippen LogP contribution in [0.15, 0.2) is 24.3 Å². The molecule has 116 valence electrons. The van der Waals surface area contributed by atoms with Crippen molar-refractivity contribution in [2.75, 3.05) is 25.1 Å². The Morgan fingerprint density at radius 2 is 2.19 bits per heavy atom. The molecule has 21 heavy (non-hydrogen) atoms. The fraction of sp³-hybridized carbons (Fsp3) is 0.562. The maximum Gasteiger partial charge on any atom is 0.319 e. The van der Waals surface area contributed by atoms with Gasteiger partial charge in [0, 0.05) is 25.4 Å². The largest absolute Gasteiger partial charge is 0.393 e. The Morgan fingerprint density at radius 3 is 2.90 bits per heavy atom. The number of hydrogen-bond acceptors (Lipinski definition) is 3. The average molecular weight is 292 g/mol. The number of nitrogens with one attached hydrogen (secondary N) is 2. The van der Waals surface area contributed by atoms with Gasteiger partial charge in [-0.2, -0.15) is 0 Å². The lowest BCUT2D eigenvalue weighted by molar-refractivity contribution is 0.00549. The van der Waals surface area contributed by atoms with E-state index in [-0.39, 0.29) is 12.1 Å². The molecule has 5 nitrogen and oxygen atoms in total. The summed E-state index contributed by atoms with van der Waals surface area (Å²) in [6.07, 6.45) is 2.01. The van der Waals surface area contributed by atoms with Crippen LogP contribution in [0.1, 0.15) is 24.8 Å². The minimum absolute atomic E-state index is 0.236. The molecule has 1 aliphatic heterocycles. The van der Waals surface area contributed by atoms with E-state index in [2.05, 4.69) is 10.6 Å². The van der Waals surface area contributed by atoms with Crippen LogP contribution in [0.2, 0.25) is 0 Å². The van der Waals surface area contributed by atoms with Gasteiger partial charge in [0.15, 0.2) is 0 Å². The predicted octanol–water partition coefficient (Wildman–Crippen LogP) is 2.29. The van der Waals surface area contributed by atoms with Crippen molar-refractivity contribution in [3.63, 3.8) is 0 Å². The number of rotatable bonds is 5. The average Bonchev–Trinajstić information content (AvgIpc) is 2.48. The number of ether oxygens (including phenoxy) is 1. The normalized spacial score (nSPS) is 17.2. The van der Waals surface area contributed by atoms with E-state index in [1.807, 2.05) is 31.2 Å². The summed E-state index contributed by atoms with van der Waals surface area (Å²) in [5.74, 6) is 0.292. The van der Waals surface area contributed by atoms with Crippen LogP contribution in [0.25, 0.3) is 0 Å². The van der Waals surface area contributed by atoms with E-state index in [9.17, 15) is 9.90 Å². The first-order valence-corrected chi connectivity index (χ1v) is 7.52. The highest BCUT2D eigenvalue weighted by molar-refractivity contribution is 5.89. The molecule has 0 spiro atoms. The van der Waals surface area contributed by atoms with Crippen molar-refractivity contribution in [1.82, 2.24) is 5.32 Å². The number of urea groups is 1. The highest BCUT2D eigenvalue weighted by atomic mass is 16.5. The first-order chi connectivity index (χ1) is 10.1. The molecule has 2 rings (SSSR count). The van der Waals surface area contributed by atoms with Gasteiger partial charge in [-0.25, -0.2) is 4.79 Å². The second kappa shape index (κ2) is 8.00. The molecule has 0 radical (unpaired) electrons. The van der Waals surface area contributed by atoms with Gasteiger partial charge in [0.05, 0.1) is 6.10 Å². The number of carbonyl (C=O) groups excluding carboxylic acids is 1. The number of benzene rings is 1. The zero-order valence-electron chi connectivity index (χ0n) is 12.5. The molecular weight excluding hydrogens is 268 g/mol. The Morgan fingerprint density at radius 1 is 1.43 bits per heavy atom. The third-order valence-electron chi connectivity index (χ3n) is 3.81. The Balaban J connectivity index is 1.66. The van der Waals surface area contributed by atoms with Gasteiger partial charge in [0.25, 0.3) is 0 Å². The molecule has 1 aliphatic rings. The first-order valence-electron chi connectivity index (χ1n) is 7.52. The molecular formula is C16H24N2O3. The van der Waals surface area contributed by atoms with Crippen LogP contribution >= 0.6 is 0 Å². The van der Waals surface area contributed by atoms with Gasteiger partial charge in [0.1, 0.15) is 0 Å². The third kappa shape index (κ3) is 5.36. The lowest BCUT2D eigenvalue weighted by atomic mass is 9.92. The summed E-state index contributed by atoms with van der Waals surface area (Å²) in [6.45, 7) is 3.90. The number of aliphatic hydroxyl groups excluding tert-OH is 1. The van der Waals surface area contributed by atoms with Gasteiger partial charge in [-0.05, 0) is 49.8 Å². The molecule has 0 aromatic heterocycles.